The molecule has 2 heterocycles. The molecular weight excluding hydrogens is 371 g/mol. The van der Waals surface area contributed by atoms with Gasteiger partial charge in [0.05, 0.1) is 17.7 Å². The van der Waals surface area contributed by atoms with Crippen molar-refractivity contribution in [2.75, 3.05) is 37.7 Å². The summed E-state index contributed by atoms with van der Waals surface area (Å²) in [5.74, 6) is 0.408. The lowest BCUT2D eigenvalue weighted by Crippen LogP contribution is -2.46. The van der Waals surface area contributed by atoms with E-state index in [4.69, 9.17) is 4.74 Å². The number of alkyl halides is 3. The van der Waals surface area contributed by atoms with Crippen LogP contribution in [0.3, 0.4) is 0 Å². The van der Waals surface area contributed by atoms with Crippen LogP contribution in [-0.4, -0.2) is 48.6 Å². The highest BCUT2D eigenvalue weighted by Gasteiger charge is 2.30. The molecule has 3 rings (SSSR count). The van der Waals surface area contributed by atoms with E-state index < -0.39 is 11.7 Å². The van der Waals surface area contributed by atoms with Crippen molar-refractivity contribution >= 4 is 11.8 Å². The molecule has 0 atom stereocenters. The van der Waals surface area contributed by atoms with Gasteiger partial charge in [-0.25, -0.2) is 9.78 Å². The largest absolute Gasteiger partial charge is 0.462 e. The maximum atomic E-state index is 12.6. The molecular formula is C20H22F3N3O2. The maximum absolute atomic E-state index is 12.6. The highest BCUT2D eigenvalue weighted by molar-refractivity contribution is 5.89. The zero-order chi connectivity index (χ0) is 20.1. The van der Waals surface area contributed by atoms with E-state index in [-0.39, 0.29) is 5.97 Å². The van der Waals surface area contributed by atoms with Gasteiger partial charge < -0.3 is 9.64 Å². The number of carbonyl (C=O) groups excluding carboxylic acids is 1. The smallest absolute Gasteiger partial charge is 0.416 e. The third-order valence-electron chi connectivity index (χ3n) is 4.64. The van der Waals surface area contributed by atoms with Crippen LogP contribution in [0.25, 0.3) is 0 Å². The number of nitrogens with zero attached hydrogens (tertiary/aromatic N) is 3. The molecule has 0 spiro atoms. The van der Waals surface area contributed by atoms with E-state index in [1.165, 1.54) is 18.3 Å². The molecule has 1 saturated heterocycles. The predicted molar refractivity (Wildman–Crippen MR) is 99.1 cm³/mol. The second kappa shape index (κ2) is 8.60. The summed E-state index contributed by atoms with van der Waals surface area (Å²) in [6.45, 7) is 5.76. The molecule has 1 aliphatic heterocycles. The van der Waals surface area contributed by atoms with E-state index in [1.54, 1.807) is 19.1 Å². The Morgan fingerprint density at radius 2 is 1.75 bits per heavy atom. The minimum Gasteiger partial charge on any atom is -0.462 e. The van der Waals surface area contributed by atoms with Gasteiger partial charge in [0.2, 0.25) is 0 Å². The molecule has 0 saturated carbocycles. The predicted octanol–water partition coefficient (Wildman–Crippen LogP) is 3.60. The summed E-state index contributed by atoms with van der Waals surface area (Å²) in [4.78, 5) is 20.4. The van der Waals surface area contributed by atoms with Crippen molar-refractivity contribution in [1.29, 1.82) is 0 Å². The first-order valence-corrected chi connectivity index (χ1v) is 9.13. The van der Waals surface area contributed by atoms with Crippen molar-refractivity contribution < 1.29 is 22.7 Å². The molecule has 150 valence electrons. The van der Waals surface area contributed by atoms with Gasteiger partial charge in [-0.3, -0.25) is 4.90 Å². The van der Waals surface area contributed by atoms with Crippen molar-refractivity contribution in [1.82, 2.24) is 9.88 Å². The van der Waals surface area contributed by atoms with E-state index in [0.717, 1.165) is 49.7 Å². The summed E-state index contributed by atoms with van der Waals surface area (Å²) in [7, 11) is 0. The molecule has 1 aliphatic rings. The summed E-state index contributed by atoms with van der Waals surface area (Å²) in [5.41, 5.74) is 0.656. The van der Waals surface area contributed by atoms with Crippen molar-refractivity contribution in [2.24, 2.45) is 0 Å². The van der Waals surface area contributed by atoms with Gasteiger partial charge in [0, 0.05) is 38.9 Å². The Kier molecular flexibility index (Phi) is 6.18. The molecule has 1 aromatic carbocycles. The lowest BCUT2D eigenvalue weighted by Gasteiger charge is -2.35. The highest BCUT2D eigenvalue weighted by Crippen LogP contribution is 2.29. The van der Waals surface area contributed by atoms with E-state index >= 15 is 0 Å². The minimum atomic E-state index is -4.31. The number of ether oxygens (including phenoxy) is 1. The second-order valence-electron chi connectivity index (χ2n) is 6.58. The molecule has 0 amide bonds. The van der Waals surface area contributed by atoms with Crippen molar-refractivity contribution in [2.45, 2.75) is 19.6 Å². The lowest BCUT2D eigenvalue weighted by molar-refractivity contribution is -0.137. The zero-order valence-corrected chi connectivity index (χ0v) is 15.6. The van der Waals surface area contributed by atoms with E-state index in [2.05, 4.69) is 14.8 Å². The molecule has 0 unspecified atom stereocenters. The van der Waals surface area contributed by atoms with Gasteiger partial charge in [-0.15, -0.1) is 0 Å². The molecule has 0 bridgehead atoms. The number of rotatable bonds is 5. The van der Waals surface area contributed by atoms with Gasteiger partial charge in [0.25, 0.3) is 0 Å². The van der Waals surface area contributed by atoms with Crippen LogP contribution < -0.4 is 4.90 Å². The average Bonchev–Trinajstić information content (AvgIpc) is 2.69. The minimum absolute atomic E-state index is 0.321. The average molecular weight is 393 g/mol. The quantitative estimate of drug-likeness (QED) is 0.727. The fraction of sp³-hybridized carbons (Fsp3) is 0.400. The van der Waals surface area contributed by atoms with Crippen molar-refractivity contribution in [3.05, 3.63) is 59.3 Å². The van der Waals surface area contributed by atoms with E-state index in [1.807, 2.05) is 0 Å². The van der Waals surface area contributed by atoms with Gasteiger partial charge in [0.1, 0.15) is 5.82 Å². The first kappa shape index (κ1) is 20.1. The summed E-state index contributed by atoms with van der Waals surface area (Å²) < 4.78 is 42.9. The number of esters is 1. The number of anilines is 1. The number of halogens is 3. The molecule has 0 N–H and O–H groups in total. The SMILES string of the molecule is CCOC(=O)c1ccc(N2CCN(Cc3ccc(C(F)(F)F)cc3)CC2)nc1. The van der Waals surface area contributed by atoms with Crippen LogP contribution in [0.5, 0.6) is 0 Å². The third kappa shape index (κ3) is 5.01. The molecule has 2 aromatic rings. The van der Waals surface area contributed by atoms with Gasteiger partial charge in [-0.05, 0) is 36.8 Å². The fourth-order valence-corrected chi connectivity index (χ4v) is 3.10. The lowest BCUT2D eigenvalue weighted by atomic mass is 10.1. The third-order valence-corrected chi connectivity index (χ3v) is 4.64. The van der Waals surface area contributed by atoms with Crippen LogP contribution in [0.1, 0.15) is 28.4 Å². The van der Waals surface area contributed by atoms with Gasteiger partial charge in [0.15, 0.2) is 0 Å². The maximum Gasteiger partial charge on any atom is 0.416 e. The van der Waals surface area contributed by atoms with Crippen molar-refractivity contribution in [3.63, 3.8) is 0 Å². The highest BCUT2D eigenvalue weighted by atomic mass is 19.4. The zero-order valence-electron chi connectivity index (χ0n) is 15.6. The van der Waals surface area contributed by atoms with Crippen LogP contribution in [-0.2, 0) is 17.5 Å². The topological polar surface area (TPSA) is 45.7 Å². The first-order valence-electron chi connectivity index (χ1n) is 9.13. The molecule has 5 nitrogen and oxygen atoms in total. The molecule has 1 fully saturated rings. The first-order chi connectivity index (χ1) is 13.4. The number of aromatic nitrogens is 1. The number of carbonyl (C=O) groups is 1. The van der Waals surface area contributed by atoms with Crippen molar-refractivity contribution in [3.8, 4) is 0 Å². The van der Waals surface area contributed by atoms with E-state index in [9.17, 15) is 18.0 Å². The number of piperazine rings is 1. The summed E-state index contributed by atoms with van der Waals surface area (Å²) in [6.07, 6.45) is -2.79. The Labute approximate surface area is 161 Å². The molecule has 28 heavy (non-hydrogen) atoms. The van der Waals surface area contributed by atoms with Crippen LogP contribution in [0.2, 0.25) is 0 Å². The fourth-order valence-electron chi connectivity index (χ4n) is 3.10. The molecule has 1 aromatic heterocycles. The molecule has 8 heteroatoms. The summed E-state index contributed by atoms with van der Waals surface area (Å²) in [5, 5.41) is 0. The Bertz CT molecular complexity index is 784. The van der Waals surface area contributed by atoms with Gasteiger partial charge >= 0.3 is 12.1 Å². The molecule has 0 radical (unpaired) electrons. The van der Waals surface area contributed by atoms with Crippen LogP contribution in [0, 0.1) is 0 Å². The van der Waals surface area contributed by atoms with Crippen LogP contribution in [0.15, 0.2) is 42.6 Å². The second-order valence-corrected chi connectivity index (χ2v) is 6.58. The standard InChI is InChI=1S/C20H22F3N3O2/c1-2-28-19(27)16-5-8-18(24-13-16)26-11-9-25(10-12-26)14-15-3-6-17(7-4-15)20(21,22)23/h3-8,13H,2,9-12,14H2,1H3. The van der Waals surface area contributed by atoms with E-state index in [0.29, 0.717) is 18.7 Å². The number of benzene rings is 1. The monoisotopic (exact) mass is 393 g/mol. The van der Waals surface area contributed by atoms with Crippen LogP contribution >= 0.6 is 0 Å². The Hall–Kier alpha value is -2.61. The Balaban J connectivity index is 1.52. The molecule has 0 aliphatic carbocycles. The van der Waals surface area contributed by atoms with Gasteiger partial charge in [-0.1, -0.05) is 12.1 Å². The number of pyridine rings is 1. The Morgan fingerprint density at radius 1 is 1.07 bits per heavy atom. The van der Waals surface area contributed by atoms with Crippen LogP contribution in [0.4, 0.5) is 19.0 Å². The summed E-state index contributed by atoms with van der Waals surface area (Å²) in [6, 6.07) is 8.82. The normalized spacial score (nSPS) is 15.5. The van der Waals surface area contributed by atoms with Gasteiger partial charge in [-0.2, -0.15) is 13.2 Å². The Morgan fingerprint density at radius 3 is 2.29 bits per heavy atom. The number of hydrogen-bond donors (Lipinski definition) is 0. The number of hydrogen-bond acceptors (Lipinski definition) is 5. The summed E-state index contributed by atoms with van der Waals surface area (Å²) >= 11 is 0.